The normalized spacial score (nSPS) is 26.5. The van der Waals surface area contributed by atoms with E-state index >= 15 is 0 Å². The van der Waals surface area contributed by atoms with Crippen molar-refractivity contribution in [1.82, 2.24) is 10.7 Å². The first-order valence-corrected chi connectivity index (χ1v) is 5.21. The van der Waals surface area contributed by atoms with Gasteiger partial charge in [-0.15, -0.1) is 0 Å². The van der Waals surface area contributed by atoms with E-state index in [0.29, 0.717) is 16.6 Å². The van der Waals surface area contributed by atoms with E-state index in [0.717, 1.165) is 0 Å². The van der Waals surface area contributed by atoms with Crippen molar-refractivity contribution >= 4 is 17.3 Å². The predicted octanol–water partition coefficient (Wildman–Crippen LogP) is 1.29. The number of hydrogen-bond acceptors (Lipinski definition) is 2. The average molecular weight is 201 g/mol. The van der Waals surface area contributed by atoms with Gasteiger partial charge in [0.15, 0.2) is 5.11 Å². The third-order valence-corrected chi connectivity index (χ3v) is 2.91. The number of thiocarbonyl (C=S) groups is 1. The van der Waals surface area contributed by atoms with E-state index in [-0.39, 0.29) is 0 Å². The van der Waals surface area contributed by atoms with E-state index < -0.39 is 0 Å². The molecule has 0 spiro atoms. The van der Waals surface area contributed by atoms with Gasteiger partial charge in [0.05, 0.1) is 0 Å². The van der Waals surface area contributed by atoms with Crippen molar-refractivity contribution in [3.05, 3.63) is 0 Å². The molecule has 1 unspecified atom stereocenters. The van der Waals surface area contributed by atoms with Gasteiger partial charge < -0.3 is 10.7 Å². The first-order valence-electron chi connectivity index (χ1n) is 4.81. The zero-order valence-electron chi connectivity index (χ0n) is 8.39. The molecule has 1 rings (SSSR count). The Morgan fingerprint density at radius 1 is 1.54 bits per heavy atom. The predicted molar refractivity (Wildman–Crippen MR) is 59.1 cm³/mol. The zero-order chi connectivity index (χ0) is 9.90. The van der Waals surface area contributed by atoms with Crippen LogP contribution in [0, 0.1) is 5.41 Å². The molecule has 0 aliphatic heterocycles. The lowest BCUT2D eigenvalue weighted by atomic mass is 9.75. The van der Waals surface area contributed by atoms with Gasteiger partial charge in [-0.25, -0.2) is 5.84 Å². The molecule has 0 saturated heterocycles. The molecule has 0 aromatic heterocycles. The highest BCUT2D eigenvalue weighted by Gasteiger charge is 2.27. The number of nitrogens with one attached hydrogen (secondary N) is 2. The smallest absolute Gasteiger partial charge is 0.180 e. The summed E-state index contributed by atoms with van der Waals surface area (Å²) in [6.45, 7) is 4.61. The van der Waals surface area contributed by atoms with Gasteiger partial charge in [-0.2, -0.15) is 0 Å². The molecule has 0 radical (unpaired) electrons. The molecule has 3 nitrogen and oxygen atoms in total. The van der Waals surface area contributed by atoms with Gasteiger partial charge in [-0.3, -0.25) is 0 Å². The molecule has 1 atom stereocenters. The summed E-state index contributed by atoms with van der Waals surface area (Å²) >= 11 is 4.96. The van der Waals surface area contributed by atoms with Crippen LogP contribution in [-0.4, -0.2) is 11.2 Å². The maximum Gasteiger partial charge on any atom is 0.180 e. The highest BCUT2D eigenvalue weighted by atomic mass is 32.1. The molecule has 0 heterocycles. The first-order chi connectivity index (χ1) is 6.03. The van der Waals surface area contributed by atoms with Crippen molar-refractivity contribution in [2.24, 2.45) is 11.3 Å². The summed E-state index contributed by atoms with van der Waals surface area (Å²) in [6.07, 6.45) is 4.96. The number of hydrazine groups is 1. The van der Waals surface area contributed by atoms with Crippen LogP contribution in [0.25, 0.3) is 0 Å². The second-order valence-electron chi connectivity index (χ2n) is 4.58. The fourth-order valence-electron chi connectivity index (χ4n) is 2.05. The molecule has 0 aromatic carbocycles. The average Bonchev–Trinajstić information content (AvgIpc) is 2.02. The van der Waals surface area contributed by atoms with Crippen molar-refractivity contribution in [3.8, 4) is 0 Å². The summed E-state index contributed by atoms with van der Waals surface area (Å²) in [4.78, 5) is 0. The molecule has 4 N–H and O–H groups in total. The molecule has 0 bridgehead atoms. The molecule has 1 fully saturated rings. The highest BCUT2D eigenvalue weighted by molar-refractivity contribution is 7.80. The van der Waals surface area contributed by atoms with Gasteiger partial charge in [0, 0.05) is 6.04 Å². The monoisotopic (exact) mass is 201 g/mol. The number of nitrogens with two attached hydrogens (primary N) is 1. The van der Waals surface area contributed by atoms with E-state index in [1.807, 2.05) is 0 Å². The van der Waals surface area contributed by atoms with E-state index in [1.165, 1.54) is 25.7 Å². The van der Waals surface area contributed by atoms with Crippen molar-refractivity contribution in [2.75, 3.05) is 0 Å². The van der Waals surface area contributed by atoms with Crippen molar-refractivity contribution in [2.45, 2.75) is 45.6 Å². The van der Waals surface area contributed by atoms with Gasteiger partial charge >= 0.3 is 0 Å². The zero-order valence-corrected chi connectivity index (χ0v) is 9.21. The highest BCUT2D eigenvalue weighted by Crippen LogP contribution is 2.34. The summed E-state index contributed by atoms with van der Waals surface area (Å²) in [5.74, 6) is 5.20. The quantitative estimate of drug-likeness (QED) is 0.340. The Labute approximate surface area is 85.4 Å². The summed E-state index contributed by atoms with van der Waals surface area (Å²) in [5.41, 5.74) is 2.90. The topological polar surface area (TPSA) is 50.1 Å². The molecule has 76 valence electrons. The standard InChI is InChI=1S/C9H19N3S/c1-9(2)5-3-4-7(6-9)11-8(13)12-10/h7H,3-6,10H2,1-2H3,(H2,11,12,13). The van der Waals surface area contributed by atoms with Crippen molar-refractivity contribution < 1.29 is 0 Å². The summed E-state index contributed by atoms with van der Waals surface area (Å²) in [7, 11) is 0. The Morgan fingerprint density at radius 3 is 2.77 bits per heavy atom. The lowest BCUT2D eigenvalue weighted by Gasteiger charge is -2.35. The Hall–Kier alpha value is -0.350. The molecular formula is C9H19N3S. The summed E-state index contributed by atoms with van der Waals surface area (Å²) in [6, 6.07) is 0.493. The van der Waals surface area contributed by atoms with Crippen LogP contribution in [0.3, 0.4) is 0 Å². The minimum atomic E-state index is 0.445. The Morgan fingerprint density at radius 2 is 2.23 bits per heavy atom. The molecule has 1 aliphatic rings. The van der Waals surface area contributed by atoms with Gasteiger partial charge in [0.25, 0.3) is 0 Å². The maximum absolute atomic E-state index is 5.20. The van der Waals surface area contributed by atoms with Crippen LogP contribution in [0.4, 0.5) is 0 Å². The van der Waals surface area contributed by atoms with Crippen molar-refractivity contribution in [1.29, 1.82) is 0 Å². The van der Waals surface area contributed by atoms with Crippen molar-refractivity contribution in [3.63, 3.8) is 0 Å². The Kier molecular flexibility index (Phi) is 3.50. The van der Waals surface area contributed by atoms with Crippen LogP contribution < -0.4 is 16.6 Å². The molecule has 13 heavy (non-hydrogen) atoms. The maximum atomic E-state index is 5.20. The van der Waals surface area contributed by atoms with Crippen LogP contribution in [-0.2, 0) is 0 Å². The van der Waals surface area contributed by atoms with E-state index in [2.05, 4.69) is 24.6 Å². The molecular weight excluding hydrogens is 182 g/mol. The first kappa shape index (κ1) is 10.7. The lowest BCUT2D eigenvalue weighted by molar-refractivity contribution is 0.210. The van der Waals surface area contributed by atoms with Gasteiger partial charge in [0.2, 0.25) is 0 Å². The third kappa shape index (κ3) is 3.48. The van der Waals surface area contributed by atoms with Gasteiger partial charge in [-0.1, -0.05) is 20.3 Å². The molecule has 1 aliphatic carbocycles. The largest absolute Gasteiger partial charge is 0.359 e. The molecule has 0 amide bonds. The Bertz CT molecular complexity index is 191. The third-order valence-electron chi connectivity index (χ3n) is 2.67. The minimum Gasteiger partial charge on any atom is -0.359 e. The van der Waals surface area contributed by atoms with Crippen LogP contribution in [0.1, 0.15) is 39.5 Å². The second kappa shape index (κ2) is 4.24. The fourth-order valence-corrected chi connectivity index (χ4v) is 2.22. The second-order valence-corrected chi connectivity index (χ2v) is 4.98. The van der Waals surface area contributed by atoms with E-state index in [9.17, 15) is 0 Å². The minimum absolute atomic E-state index is 0.445. The van der Waals surface area contributed by atoms with Gasteiger partial charge in [0.1, 0.15) is 0 Å². The van der Waals surface area contributed by atoms with E-state index in [4.69, 9.17) is 18.1 Å². The van der Waals surface area contributed by atoms with Crippen LogP contribution in [0.2, 0.25) is 0 Å². The SMILES string of the molecule is CC1(C)CCCC(NC(=S)NN)C1. The van der Waals surface area contributed by atoms with Crippen LogP contribution in [0.5, 0.6) is 0 Å². The van der Waals surface area contributed by atoms with Gasteiger partial charge in [-0.05, 0) is 36.9 Å². The number of rotatable bonds is 1. The Balaban J connectivity index is 2.39. The van der Waals surface area contributed by atoms with Crippen LogP contribution >= 0.6 is 12.2 Å². The van der Waals surface area contributed by atoms with E-state index in [1.54, 1.807) is 0 Å². The van der Waals surface area contributed by atoms with Crippen LogP contribution in [0.15, 0.2) is 0 Å². The summed E-state index contributed by atoms with van der Waals surface area (Å²) < 4.78 is 0. The molecule has 1 saturated carbocycles. The number of hydrogen-bond donors (Lipinski definition) is 3. The molecule has 0 aromatic rings. The fraction of sp³-hybridized carbons (Fsp3) is 0.889. The summed E-state index contributed by atoms with van der Waals surface area (Å²) in [5, 5.41) is 3.78. The molecule has 4 heteroatoms. The lowest BCUT2D eigenvalue weighted by Crippen LogP contribution is -2.47.